The molecule has 0 aliphatic rings. The number of benzene rings is 1. The summed E-state index contributed by atoms with van der Waals surface area (Å²) in [6, 6.07) is 7.40. The Kier molecular flexibility index (Phi) is 5.78. The van der Waals surface area contributed by atoms with Crippen molar-refractivity contribution in [2.75, 3.05) is 0 Å². The van der Waals surface area contributed by atoms with E-state index in [4.69, 9.17) is 0 Å². The lowest BCUT2D eigenvalue weighted by molar-refractivity contribution is -0.113. The van der Waals surface area contributed by atoms with Crippen LogP contribution in [0.4, 0.5) is 5.69 Å². The second-order valence-electron chi connectivity index (χ2n) is 3.90. The topological polar surface area (TPSA) is 49.7 Å². The van der Waals surface area contributed by atoms with E-state index in [1.54, 1.807) is 0 Å². The standard InChI is InChI=1S/C14H16BrNO2/c1-3-4-14(18)13(10(2)17)9-16-12-7-5-11(15)6-8-12/h5-9,18H,3-4H2,1-2H3. The highest BCUT2D eigenvalue weighted by Gasteiger charge is 2.07. The molecule has 0 fully saturated rings. The molecular weight excluding hydrogens is 294 g/mol. The number of hydrogen-bond donors (Lipinski definition) is 1. The van der Waals surface area contributed by atoms with Gasteiger partial charge in [-0.05, 0) is 37.6 Å². The van der Waals surface area contributed by atoms with E-state index in [9.17, 15) is 9.90 Å². The Hall–Kier alpha value is -1.42. The summed E-state index contributed by atoms with van der Waals surface area (Å²) < 4.78 is 0.970. The summed E-state index contributed by atoms with van der Waals surface area (Å²) in [6.07, 6.45) is 2.70. The number of hydrogen-bond acceptors (Lipinski definition) is 3. The lowest BCUT2D eigenvalue weighted by Gasteiger charge is -2.02. The fraction of sp³-hybridized carbons (Fsp3) is 0.286. The summed E-state index contributed by atoms with van der Waals surface area (Å²) in [6.45, 7) is 3.37. The molecule has 4 heteroatoms. The second kappa shape index (κ2) is 7.11. The first-order valence-corrected chi connectivity index (χ1v) is 6.56. The van der Waals surface area contributed by atoms with Crippen LogP contribution < -0.4 is 0 Å². The molecule has 0 amide bonds. The van der Waals surface area contributed by atoms with E-state index < -0.39 is 0 Å². The first-order chi connectivity index (χ1) is 8.54. The van der Waals surface area contributed by atoms with Gasteiger partial charge < -0.3 is 5.11 Å². The number of aliphatic hydroxyl groups excluding tert-OH is 1. The Morgan fingerprint density at radius 2 is 2.00 bits per heavy atom. The van der Waals surface area contributed by atoms with Crippen LogP contribution in [-0.4, -0.2) is 17.1 Å². The fourth-order valence-electron chi connectivity index (χ4n) is 1.41. The average Bonchev–Trinajstić information content (AvgIpc) is 2.31. The van der Waals surface area contributed by atoms with E-state index in [1.807, 2.05) is 31.2 Å². The van der Waals surface area contributed by atoms with Crippen LogP contribution >= 0.6 is 15.9 Å². The summed E-state index contributed by atoms with van der Waals surface area (Å²) in [4.78, 5) is 15.6. The molecule has 18 heavy (non-hydrogen) atoms. The number of ketones is 1. The van der Waals surface area contributed by atoms with Crippen molar-refractivity contribution in [3.63, 3.8) is 0 Å². The fourth-order valence-corrected chi connectivity index (χ4v) is 1.67. The third-order valence-electron chi connectivity index (χ3n) is 2.35. The molecule has 0 bridgehead atoms. The van der Waals surface area contributed by atoms with E-state index in [1.165, 1.54) is 13.1 Å². The van der Waals surface area contributed by atoms with E-state index >= 15 is 0 Å². The van der Waals surface area contributed by atoms with Gasteiger partial charge in [0.1, 0.15) is 5.76 Å². The van der Waals surface area contributed by atoms with Crippen LogP contribution in [0.1, 0.15) is 26.7 Å². The van der Waals surface area contributed by atoms with E-state index in [0.717, 1.165) is 16.6 Å². The van der Waals surface area contributed by atoms with Gasteiger partial charge in [0.2, 0.25) is 0 Å². The normalized spacial score (nSPS) is 12.6. The maximum atomic E-state index is 11.4. The molecule has 3 nitrogen and oxygen atoms in total. The monoisotopic (exact) mass is 309 g/mol. The predicted octanol–water partition coefficient (Wildman–Crippen LogP) is 4.35. The molecule has 1 N–H and O–H groups in total. The average molecular weight is 310 g/mol. The molecule has 0 atom stereocenters. The van der Waals surface area contributed by atoms with Crippen molar-refractivity contribution < 1.29 is 9.90 Å². The van der Waals surface area contributed by atoms with Gasteiger partial charge in [0.05, 0.1) is 11.3 Å². The maximum absolute atomic E-state index is 11.4. The molecule has 0 heterocycles. The Morgan fingerprint density at radius 1 is 1.39 bits per heavy atom. The summed E-state index contributed by atoms with van der Waals surface area (Å²) in [5.41, 5.74) is 1.01. The summed E-state index contributed by atoms with van der Waals surface area (Å²) in [5.74, 6) is -0.0762. The van der Waals surface area contributed by atoms with Crippen LogP contribution in [0.3, 0.4) is 0 Å². The van der Waals surface area contributed by atoms with Crippen molar-refractivity contribution in [1.82, 2.24) is 0 Å². The lowest BCUT2D eigenvalue weighted by atomic mass is 10.1. The Labute approximate surface area is 115 Å². The summed E-state index contributed by atoms with van der Waals surface area (Å²) >= 11 is 3.34. The van der Waals surface area contributed by atoms with Gasteiger partial charge in [-0.3, -0.25) is 9.79 Å². The molecule has 0 radical (unpaired) electrons. The largest absolute Gasteiger partial charge is 0.512 e. The zero-order chi connectivity index (χ0) is 13.5. The van der Waals surface area contributed by atoms with Crippen molar-refractivity contribution in [2.45, 2.75) is 26.7 Å². The van der Waals surface area contributed by atoms with Crippen LogP contribution in [-0.2, 0) is 4.79 Å². The molecule has 0 saturated carbocycles. The lowest BCUT2D eigenvalue weighted by Crippen LogP contribution is -2.03. The number of rotatable bonds is 5. The van der Waals surface area contributed by atoms with Crippen molar-refractivity contribution in [3.05, 3.63) is 40.1 Å². The number of allylic oxidation sites excluding steroid dienone is 2. The van der Waals surface area contributed by atoms with Gasteiger partial charge in [-0.1, -0.05) is 22.9 Å². The maximum Gasteiger partial charge on any atom is 0.164 e. The van der Waals surface area contributed by atoms with Crippen molar-refractivity contribution >= 4 is 33.6 Å². The predicted molar refractivity (Wildman–Crippen MR) is 77.5 cm³/mol. The number of Topliss-reactive ketones (excluding diaryl/α,β-unsaturated/α-hetero) is 1. The number of halogens is 1. The van der Waals surface area contributed by atoms with Crippen molar-refractivity contribution in [2.24, 2.45) is 4.99 Å². The van der Waals surface area contributed by atoms with Gasteiger partial charge in [-0.25, -0.2) is 0 Å². The molecule has 1 rings (SSSR count). The van der Waals surface area contributed by atoms with E-state index in [-0.39, 0.29) is 17.1 Å². The van der Waals surface area contributed by atoms with Gasteiger partial charge in [-0.15, -0.1) is 0 Å². The number of aliphatic imine (C=N–C) groups is 1. The molecule has 0 aromatic heterocycles. The smallest absolute Gasteiger partial charge is 0.164 e. The van der Waals surface area contributed by atoms with Crippen LogP contribution in [0.5, 0.6) is 0 Å². The molecule has 96 valence electrons. The minimum Gasteiger partial charge on any atom is -0.512 e. The van der Waals surface area contributed by atoms with Gasteiger partial charge in [0.25, 0.3) is 0 Å². The number of carbonyl (C=O) groups is 1. The minimum absolute atomic E-state index is 0.103. The Bertz CT molecular complexity index is 475. The zero-order valence-corrected chi connectivity index (χ0v) is 12.1. The van der Waals surface area contributed by atoms with Crippen LogP contribution in [0, 0.1) is 0 Å². The molecule has 1 aromatic rings. The van der Waals surface area contributed by atoms with Crippen LogP contribution in [0.2, 0.25) is 0 Å². The third kappa shape index (κ3) is 4.45. The molecule has 0 unspecified atom stereocenters. The van der Waals surface area contributed by atoms with Gasteiger partial charge in [0, 0.05) is 17.1 Å². The molecule has 0 aliphatic carbocycles. The first kappa shape index (κ1) is 14.6. The van der Waals surface area contributed by atoms with E-state index in [2.05, 4.69) is 20.9 Å². The van der Waals surface area contributed by atoms with Gasteiger partial charge in [0.15, 0.2) is 5.78 Å². The highest BCUT2D eigenvalue weighted by Crippen LogP contribution is 2.17. The Morgan fingerprint density at radius 3 is 2.50 bits per heavy atom. The quantitative estimate of drug-likeness (QED) is 0.499. The molecular formula is C14H16BrNO2. The summed E-state index contributed by atoms with van der Waals surface area (Å²) in [7, 11) is 0. The number of carbonyl (C=O) groups excluding carboxylic acids is 1. The molecule has 0 saturated heterocycles. The van der Waals surface area contributed by atoms with Gasteiger partial charge >= 0.3 is 0 Å². The zero-order valence-electron chi connectivity index (χ0n) is 10.5. The first-order valence-electron chi connectivity index (χ1n) is 5.77. The highest BCUT2D eigenvalue weighted by atomic mass is 79.9. The van der Waals surface area contributed by atoms with Gasteiger partial charge in [-0.2, -0.15) is 0 Å². The van der Waals surface area contributed by atoms with Crippen LogP contribution in [0.25, 0.3) is 0 Å². The van der Waals surface area contributed by atoms with Crippen molar-refractivity contribution in [1.29, 1.82) is 0 Å². The molecule has 1 aromatic carbocycles. The number of nitrogens with zero attached hydrogens (tertiary/aromatic N) is 1. The van der Waals surface area contributed by atoms with Crippen LogP contribution in [0.15, 0.2) is 45.1 Å². The minimum atomic E-state index is -0.179. The number of aliphatic hydroxyl groups is 1. The van der Waals surface area contributed by atoms with Crippen molar-refractivity contribution in [3.8, 4) is 0 Å². The Balaban J connectivity index is 2.94. The molecule has 0 spiro atoms. The third-order valence-corrected chi connectivity index (χ3v) is 2.88. The highest BCUT2D eigenvalue weighted by molar-refractivity contribution is 9.10. The van der Waals surface area contributed by atoms with E-state index in [0.29, 0.717) is 6.42 Å². The SMILES string of the molecule is CCCC(O)=C(C=Nc1ccc(Br)cc1)C(C)=O. The second-order valence-corrected chi connectivity index (χ2v) is 4.82. The molecule has 0 aliphatic heterocycles. The summed E-state index contributed by atoms with van der Waals surface area (Å²) in [5, 5.41) is 9.76.